The Morgan fingerprint density at radius 2 is 1.03 bits per heavy atom. The molecule has 1 heterocycles. The van der Waals surface area contributed by atoms with Crippen LogP contribution in [-0.2, 0) is 0 Å². The van der Waals surface area contributed by atoms with Gasteiger partial charge in [-0.2, -0.15) is 35.4 Å². The van der Waals surface area contributed by atoms with E-state index < -0.39 is 0 Å². The summed E-state index contributed by atoms with van der Waals surface area (Å²) in [5, 5.41) is 4.89. The minimum absolute atomic E-state index is 0. The molecule has 176 valence electrons. The third kappa shape index (κ3) is 15.0. The van der Waals surface area contributed by atoms with E-state index in [1.165, 1.54) is 44.5 Å². The first-order chi connectivity index (χ1) is 15.8. The number of benzene rings is 3. The second-order valence-electron chi connectivity index (χ2n) is 8.38. The molecule has 0 nitrogen and oxygen atoms in total. The Hall–Kier alpha value is -1.87. The van der Waals surface area contributed by atoms with Crippen molar-refractivity contribution in [3.63, 3.8) is 0 Å². The molecule has 0 fully saturated rings. The van der Waals surface area contributed by atoms with Crippen LogP contribution in [0, 0.1) is 53.0 Å². The van der Waals surface area contributed by atoms with E-state index in [0.717, 1.165) is 0 Å². The number of allylic oxidation sites excluding steroid dienone is 4. The quantitative estimate of drug-likeness (QED) is 0.219. The summed E-state index contributed by atoms with van der Waals surface area (Å²) >= 11 is 1.59. The number of halogens is 1. The van der Waals surface area contributed by atoms with Gasteiger partial charge in [-0.05, 0) is 38.8 Å². The van der Waals surface area contributed by atoms with E-state index in [1.54, 1.807) is 11.8 Å². The van der Waals surface area contributed by atoms with Crippen LogP contribution in [0.25, 0.3) is 12.2 Å². The van der Waals surface area contributed by atoms with Gasteiger partial charge in [0.25, 0.3) is 0 Å². The molecule has 0 spiro atoms. The molecule has 0 saturated carbocycles. The van der Waals surface area contributed by atoms with E-state index in [9.17, 15) is 0 Å². The van der Waals surface area contributed by atoms with Gasteiger partial charge in [-0.15, -0.1) is 0 Å². The first-order valence-corrected chi connectivity index (χ1v) is 12.0. The molecule has 35 heavy (non-hydrogen) atoms. The van der Waals surface area contributed by atoms with Crippen LogP contribution >= 0.6 is 11.8 Å². The summed E-state index contributed by atoms with van der Waals surface area (Å²) in [5.41, 5.74) is 10.3. The van der Waals surface area contributed by atoms with Crippen molar-refractivity contribution < 1.29 is 17.0 Å². The fourth-order valence-corrected chi connectivity index (χ4v) is 3.88. The molecule has 1 aliphatic heterocycles. The Morgan fingerprint density at radius 1 is 0.629 bits per heavy atom. The zero-order chi connectivity index (χ0) is 24.1. The first-order valence-electron chi connectivity index (χ1n) is 11.2. The molecule has 1 aliphatic rings. The number of aryl methyl sites for hydroxylation is 6. The van der Waals surface area contributed by atoms with Gasteiger partial charge in [-0.25, -0.2) is 0 Å². The maximum absolute atomic E-state index is 3.03. The van der Waals surface area contributed by atoms with Crippen molar-refractivity contribution in [3.8, 4) is 0 Å². The molecule has 0 aliphatic carbocycles. The second kappa shape index (κ2) is 18.4. The fraction of sp³-hybridized carbons (Fsp3) is 0.188. The number of hydrogen-bond acceptors (Lipinski definition) is 1. The Balaban J connectivity index is 0.000000633. The van der Waals surface area contributed by atoms with Crippen molar-refractivity contribution in [2.75, 3.05) is 0 Å². The van der Waals surface area contributed by atoms with Gasteiger partial charge in [0.1, 0.15) is 5.41 Å². The summed E-state index contributed by atoms with van der Waals surface area (Å²) in [7, 11) is 0. The van der Waals surface area contributed by atoms with Gasteiger partial charge < -0.3 is 17.0 Å². The maximum Gasteiger partial charge on any atom is 2.00 e. The van der Waals surface area contributed by atoms with E-state index in [-0.39, 0.29) is 40.0 Å². The van der Waals surface area contributed by atoms with Crippen molar-refractivity contribution in [1.29, 1.82) is 0 Å². The minimum atomic E-state index is 0. The summed E-state index contributed by atoms with van der Waals surface area (Å²) in [5.74, 6) is 0. The van der Waals surface area contributed by atoms with Crippen LogP contribution in [0.1, 0.15) is 44.5 Å². The van der Waals surface area contributed by atoms with Crippen LogP contribution in [0.5, 0.6) is 0 Å². The Labute approximate surface area is 244 Å². The average molecular weight is 555 g/mol. The summed E-state index contributed by atoms with van der Waals surface area (Å²) < 4.78 is 0. The van der Waals surface area contributed by atoms with E-state index >= 15 is 0 Å². The predicted octanol–water partition coefficient (Wildman–Crippen LogP) is 5.94. The average Bonchev–Trinajstić information content (AvgIpc) is 3.30. The van der Waals surface area contributed by atoms with E-state index in [0.29, 0.717) is 0 Å². The van der Waals surface area contributed by atoms with Crippen molar-refractivity contribution in [1.82, 2.24) is 0 Å². The largest absolute Gasteiger partial charge is 2.00 e. The van der Waals surface area contributed by atoms with Gasteiger partial charge >= 0.3 is 23.1 Å². The summed E-state index contributed by atoms with van der Waals surface area (Å²) in [6, 6.07) is 22.3. The van der Waals surface area contributed by atoms with Crippen molar-refractivity contribution in [3.05, 3.63) is 140 Å². The molecule has 0 N–H and O–H groups in total. The topological polar surface area (TPSA) is 0 Å². The normalized spacial score (nSPS) is 11.0. The zero-order valence-electron chi connectivity index (χ0n) is 21.7. The molecule has 0 radical (unpaired) electrons. The zero-order valence-corrected chi connectivity index (χ0v) is 25.5. The van der Waals surface area contributed by atoms with Gasteiger partial charge in [-0.1, -0.05) is 96.8 Å². The molecule has 3 aromatic rings. The molecule has 0 amide bonds. The van der Waals surface area contributed by atoms with Crippen LogP contribution in [0.15, 0.2) is 84.3 Å². The third-order valence-corrected chi connectivity index (χ3v) is 5.20. The Kier molecular flexibility index (Phi) is 17.4. The standard InChI is InChI=1S/C20H22.C8H9.C4H3S.BrH.Mg/c1-15-9-16(2)12-19(11-15)7-5-6-8-20-13-17(3)10-18(4)14-20;1-7-4-3-5-8(2)6-7;1-2-4-5-3-1;;/h5-14H,1-4H3;4-6H,1-2H3;1-3H;1H;/q;-1;+1;;+2/p-1/b7-5+,8-6+;;;;. The number of thioether (sulfide) groups is 1. The van der Waals surface area contributed by atoms with Crippen molar-refractivity contribution in [2.24, 2.45) is 0 Å². The fourth-order valence-electron chi connectivity index (χ4n) is 3.49. The molecule has 0 saturated heterocycles. The van der Waals surface area contributed by atoms with E-state index in [2.05, 4.69) is 120 Å². The van der Waals surface area contributed by atoms with E-state index in [1.807, 2.05) is 29.7 Å². The summed E-state index contributed by atoms with van der Waals surface area (Å²) in [4.78, 5) is 0. The molecule has 0 aromatic heterocycles. The van der Waals surface area contributed by atoms with Crippen LogP contribution in [-0.4, -0.2) is 23.1 Å². The predicted molar refractivity (Wildman–Crippen MR) is 155 cm³/mol. The van der Waals surface area contributed by atoms with Crippen molar-refractivity contribution in [2.45, 2.75) is 41.5 Å². The summed E-state index contributed by atoms with van der Waals surface area (Å²) in [6.07, 6.45) is 12.4. The van der Waals surface area contributed by atoms with Gasteiger partial charge in [0.2, 0.25) is 0 Å². The first kappa shape index (κ1) is 33.1. The Bertz CT molecular complexity index is 1030. The molecular weight excluding hydrogens is 521 g/mol. The monoisotopic (exact) mass is 553 g/mol. The number of rotatable bonds is 3. The van der Waals surface area contributed by atoms with Gasteiger partial charge in [0.15, 0.2) is 6.08 Å². The van der Waals surface area contributed by atoms with Crippen LogP contribution < -0.4 is 17.0 Å². The van der Waals surface area contributed by atoms with Gasteiger partial charge in [-0.3, -0.25) is 0 Å². The molecule has 0 atom stereocenters. The van der Waals surface area contributed by atoms with Crippen LogP contribution in [0.3, 0.4) is 0 Å². The molecule has 4 rings (SSSR count). The number of hydrogen-bond donors (Lipinski definition) is 0. The second-order valence-corrected chi connectivity index (χ2v) is 9.12. The molecular formula is C32H34BrMgS+. The molecule has 0 bridgehead atoms. The third-order valence-electron chi connectivity index (χ3n) is 4.63. The maximum atomic E-state index is 3.03. The molecule has 0 unspecified atom stereocenters. The van der Waals surface area contributed by atoms with Gasteiger partial charge in [0, 0.05) is 0 Å². The Morgan fingerprint density at radius 3 is 1.29 bits per heavy atom. The van der Waals surface area contributed by atoms with Crippen LogP contribution in [0.4, 0.5) is 0 Å². The smallest absolute Gasteiger partial charge is 1.00 e. The van der Waals surface area contributed by atoms with Gasteiger partial charge in [0.05, 0.1) is 23.2 Å². The molecule has 3 aromatic carbocycles. The van der Waals surface area contributed by atoms with E-state index in [4.69, 9.17) is 0 Å². The molecule has 3 heteroatoms. The van der Waals surface area contributed by atoms with Crippen LogP contribution in [0.2, 0.25) is 0 Å². The minimum Gasteiger partial charge on any atom is -1.00 e. The summed E-state index contributed by atoms with van der Waals surface area (Å²) in [6.45, 7) is 12.7. The van der Waals surface area contributed by atoms with Crippen molar-refractivity contribution >= 4 is 47.0 Å². The SMILES string of the molecule is Cc1c[c-]cc(C)c1.Cc1cc(C)cc(/C=C/C=C/c2cc(C)cc(C)c2)c1.[Br-].[C+]1=CC=CS1.[Mg+2].